The fourth-order valence-corrected chi connectivity index (χ4v) is 3.27. The second-order valence-corrected chi connectivity index (χ2v) is 7.27. The van der Waals surface area contributed by atoms with Crippen LogP contribution in [0.2, 0.25) is 0 Å². The number of nitrogens with one attached hydrogen (secondary N) is 1. The standard InChI is InChI=1S/C19H36N6O.HI/c1-6-20-19(21-8-7-9-25-10-12-26-13-11-25)23(4)14-17-15-24(5)22-18(17)16(2)3;/h15-16H,6-14H2,1-5H3,(H,20,21);1H. The minimum absolute atomic E-state index is 0. The number of ether oxygens (including phenoxy) is 1. The van der Waals surface area contributed by atoms with Crippen molar-refractivity contribution in [3.05, 3.63) is 17.5 Å². The molecule has 1 aliphatic rings. The zero-order chi connectivity index (χ0) is 18.9. The van der Waals surface area contributed by atoms with E-state index in [1.807, 2.05) is 11.7 Å². The molecule has 8 heteroatoms. The van der Waals surface area contributed by atoms with Crippen molar-refractivity contribution in [1.82, 2.24) is 24.9 Å². The molecule has 0 saturated carbocycles. The molecule has 2 heterocycles. The molecule has 1 aromatic heterocycles. The molecule has 0 atom stereocenters. The second kappa shape index (κ2) is 12.6. The molecule has 7 nitrogen and oxygen atoms in total. The number of aryl methyl sites for hydroxylation is 1. The van der Waals surface area contributed by atoms with Gasteiger partial charge in [-0.2, -0.15) is 5.10 Å². The van der Waals surface area contributed by atoms with Crippen LogP contribution in [0.1, 0.15) is 44.4 Å². The van der Waals surface area contributed by atoms with Gasteiger partial charge in [-0.05, 0) is 19.3 Å². The van der Waals surface area contributed by atoms with E-state index in [0.29, 0.717) is 5.92 Å². The summed E-state index contributed by atoms with van der Waals surface area (Å²) in [5.74, 6) is 1.39. The predicted molar refractivity (Wildman–Crippen MR) is 122 cm³/mol. The fraction of sp³-hybridized carbons (Fsp3) is 0.789. The lowest BCUT2D eigenvalue weighted by Gasteiger charge is -2.26. The Morgan fingerprint density at radius 2 is 2.07 bits per heavy atom. The Balaban J connectivity index is 0.00000364. The molecule has 0 amide bonds. The van der Waals surface area contributed by atoms with Crippen LogP contribution in [-0.2, 0) is 18.3 Å². The number of guanidine groups is 1. The van der Waals surface area contributed by atoms with E-state index in [1.54, 1.807) is 0 Å². The summed E-state index contributed by atoms with van der Waals surface area (Å²) in [5, 5.41) is 8.02. The topological polar surface area (TPSA) is 57.9 Å². The van der Waals surface area contributed by atoms with E-state index in [2.05, 4.69) is 54.2 Å². The van der Waals surface area contributed by atoms with Crippen LogP contribution in [-0.4, -0.2) is 78.5 Å². The number of halogens is 1. The molecule has 156 valence electrons. The van der Waals surface area contributed by atoms with Gasteiger partial charge in [0, 0.05) is 65.1 Å². The first kappa shape index (κ1) is 24.2. The molecule has 0 aromatic carbocycles. The highest BCUT2D eigenvalue weighted by molar-refractivity contribution is 14.0. The lowest BCUT2D eigenvalue weighted by Crippen LogP contribution is -2.39. The van der Waals surface area contributed by atoms with Gasteiger partial charge in [-0.1, -0.05) is 13.8 Å². The van der Waals surface area contributed by atoms with E-state index >= 15 is 0 Å². The van der Waals surface area contributed by atoms with Crippen LogP contribution in [0, 0.1) is 0 Å². The van der Waals surface area contributed by atoms with Crippen molar-refractivity contribution >= 4 is 29.9 Å². The highest BCUT2D eigenvalue weighted by atomic mass is 127. The lowest BCUT2D eigenvalue weighted by atomic mass is 10.1. The van der Waals surface area contributed by atoms with Gasteiger partial charge >= 0.3 is 0 Å². The average molecular weight is 492 g/mol. The third kappa shape index (κ3) is 7.95. The van der Waals surface area contributed by atoms with Gasteiger partial charge in [0.2, 0.25) is 0 Å². The Morgan fingerprint density at radius 1 is 1.37 bits per heavy atom. The Hall–Kier alpha value is -0.870. The van der Waals surface area contributed by atoms with Gasteiger partial charge in [0.25, 0.3) is 0 Å². The number of aromatic nitrogens is 2. The Bertz CT molecular complexity index is 569. The van der Waals surface area contributed by atoms with Gasteiger partial charge in [-0.3, -0.25) is 14.6 Å². The largest absolute Gasteiger partial charge is 0.379 e. The Morgan fingerprint density at radius 3 is 2.70 bits per heavy atom. The maximum atomic E-state index is 5.40. The second-order valence-electron chi connectivity index (χ2n) is 7.27. The number of aliphatic imine (C=N–C) groups is 1. The number of hydrogen-bond donors (Lipinski definition) is 1. The van der Waals surface area contributed by atoms with Crippen LogP contribution in [0.25, 0.3) is 0 Å². The summed E-state index contributed by atoms with van der Waals surface area (Å²) < 4.78 is 7.31. The Kier molecular flexibility index (Phi) is 11.2. The van der Waals surface area contributed by atoms with Gasteiger partial charge < -0.3 is 15.0 Å². The first-order chi connectivity index (χ1) is 12.5. The van der Waals surface area contributed by atoms with Crippen LogP contribution >= 0.6 is 24.0 Å². The van der Waals surface area contributed by atoms with Crippen molar-refractivity contribution in [3.8, 4) is 0 Å². The minimum atomic E-state index is 0. The molecule has 1 fully saturated rings. The summed E-state index contributed by atoms with van der Waals surface area (Å²) in [7, 11) is 4.08. The Labute approximate surface area is 181 Å². The van der Waals surface area contributed by atoms with Crippen LogP contribution in [0.4, 0.5) is 0 Å². The third-order valence-corrected chi connectivity index (χ3v) is 4.59. The predicted octanol–water partition coefficient (Wildman–Crippen LogP) is 2.28. The summed E-state index contributed by atoms with van der Waals surface area (Å²) in [4.78, 5) is 9.48. The lowest BCUT2D eigenvalue weighted by molar-refractivity contribution is 0.0377. The summed E-state index contributed by atoms with van der Waals surface area (Å²) in [6, 6.07) is 0. The zero-order valence-corrected chi connectivity index (χ0v) is 19.9. The van der Waals surface area contributed by atoms with E-state index in [0.717, 1.165) is 64.9 Å². The van der Waals surface area contributed by atoms with Crippen molar-refractivity contribution in [1.29, 1.82) is 0 Å². The summed E-state index contributed by atoms with van der Waals surface area (Å²) in [6.07, 6.45) is 3.20. The number of rotatable bonds is 8. The molecular formula is C19H37IN6O. The van der Waals surface area contributed by atoms with Crippen LogP contribution in [0.15, 0.2) is 11.2 Å². The molecule has 1 aromatic rings. The fourth-order valence-electron chi connectivity index (χ4n) is 3.27. The van der Waals surface area contributed by atoms with Gasteiger partial charge in [0.05, 0.1) is 18.9 Å². The van der Waals surface area contributed by atoms with Crippen molar-refractivity contribution in [2.45, 2.75) is 39.7 Å². The van der Waals surface area contributed by atoms with Crippen molar-refractivity contribution in [2.75, 3.05) is 53.0 Å². The van der Waals surface area contributed by atoms with Crippen LogP contribution in [0.5, 0.6) is 0 Å². The van der Waals surface area contributed by atoms with E-state index in [-0.39, 0.29) is 24.0 Å². The minimum Gasteiger partial charge on any atom is -0.379 e. The van der Waals surface area contributed by atoms with E-state index in [4.69, 9.17) is 9.73 Å². The quantitative estimate of drug-likeness (QED) is 0.261. The molecular weight excluding hydrogens is 455 g/mol. The van der Waals surface area contributed by atoms with Crippen molar-refractivity contribution < 1.29 is 4.74 Å². The van der Waals surface area contributed by atoms with E-state index in [1.165, 1.54) is 11.3 Å². The van der Waals surface area contributed by atoms with E-state index < -0.39 is 0 Å². The smallest absolute Gasteiger partial charge is 0.193 e. The highest BCUT2D eigenvalue weighted by Crippen LogP contribution is 2.18. The zero-order valence-electron chi connectivity index (χ0n) is 17.6. The normalized spacial score (nSPS) is 15.7. The first-order valence-electron chi connectivity index (χ1n) is 9.83. The SMILES string of the molecule is CCNC(=NCCCN1CCOCC1)N(C)Cc1cn(C)nc1C(C)C.I. The van der Waals surface area contributed by atoms with E-state index in [9.17, 15) is 0 Å². The molecule has 2 rings (SSSR count). The number of hydrogen-bond acceptors (Lipinski definition) is 4. The summed E-state index contributed by atoms with van der Waals surface area (Å²) >= 11 is 0. The highest BCUT2D eigenvalue weighted by Gasteiger charge is 2.15. The maximum absolute atomic E-state index is 5.40. The van der Waals surface area contributed by atoms with Gasteiger partial charge in [0.15, 0.2) is 5.96 Å². The summed E-state index contributed by atoms with van der Waals surface area (Å²) in [6.45, 7) is 13.9. The third-order valence-electron chi connectivity index (χ3n) is 4.59. The van der Waals surface area contributed by atoms with Crippen LogP contribution in [0.3, 0.4) is 0 Å². The maximum Gasteiger partial charge on any atom is 0.193 e. The molecule has 0 radical (unpaired) electrons. The monoisotopic (exact) mass is 492 g/mol. The molecule has 1 N–H and O–H groups in total. The number of morpholine rings is 1. The molecule has 0 bridgehead atoms. The van der Waals surface area contributed by atoms with Gasteiger partial charge in [-0.25, -0.2) is 0 Å². The molecule has 0 unspecified atom stereocenters. The van der Waals surface area contributed by atoms with Crippen molar-refractivity contribution in [3.63, 3.8) is 0 Å². The van der Waals surface area contributed by atoms with Gasteiger partial charge in [0.1, 0.15) is 0 Å². The first-order valence-corrected chi connectivity index (χ1v) is 9.83. The van der Waals surface area contributed by atoms with Gasteiger partial charge in [-0.15, -0.1) is 24.0 Å². The average Bonchev–Trinajstić information content (AvgIpc) is 2.99. The van der Waals surface area contributed by atoms with Crippen LogP contribution < -0.4 is 5.32 Å². The molecule has 1 saturated heterocycles. The van der Waals surface area contributed by atoms with Crippen molar-refractivity contribution in [2.24, 2.45) is 12.0 Å². The summed E-state index contributed by atoms with van der Waals surface area (Å²) in [5.41, 5.74) is 2.44. The molecule has 0 aliphatic carbocycles. The molecule has 27 heavy (non-hydrogen) atoms. The molecule has 0 spiro atoms. The molecule has 1 aliphatic heterocycles. The number of nitrogens with zero attached hydrogens (tertiary/aromatic N) is 5.